The molecule has 7 nitrogen and oxygen atoms in total. The number of hydrogen-bond donors (Lipinski definition) is 3. The predicted molar refractivity (Wildman–Crippen MR) is 66.3 cm³/mol. The lowest BCUT2D eigenvalue weighted by atomic mass is 10.2. The summed E-state index contributed by atoms with van der Waals surface area (Å²) in [5, 5.41) is 13.6. The van der Waals surface area contributed by atoms with E-state index in [1.165, 1.54) is 31.5 Å². The van der Waals surface area contributed by atoms with Crippen LogP contribution in [0.3, 0.4) is 0 Å². The molecule has 0 aliphatic heterocycles. The van der Waals surface area contributed by atoms with Gasteiger partial charge in [0.2, 0.25) is 5.91 Å². The van der Waals surface area contributed by atoms with E-state index in [0.29, 0.717) is 5.56 Å². The predicted octanol–water partition coefficient (Wildman–Crippen LogP) is -1.12. The molecule has 0 spiro atoms. The molecule has 1 atom stereocenters. The lowest BCUT2D eigenvalue weighted by molar-refractivity contribution is -0.127. The van der Waals surface area contributed by atoms with Crippen LogP contribution in [0.25, 0.3) is 0 Å². The van der Waals surface area contributed by atoms with E-state index in [1.54, 1.807) is 0 Å². The Morgan fingerprint density at radius 2 is 1.95 bits per heavy atom. The van der Waals surface area contributed by atoms with Crippen LogP contribution < -0.4 is 10.6 Å². The third-order valence-electron chi connectivity index (χ3n) is 2.36. The normalized spacial score (nSPS) is 11.5. The first kappa shape index (κ1) is 14.8. The standard InChI is InChI=1S/C12H15N3O4/c1-8(17)10(7-16)15-11(18)6-14-12(19)9-2-4-13-5-3-9/h2-5,10,16H,6-7H2,1H3,(H,14,19)(H,15,18)/t10-/m0/s1. The highest BCUT2D eigenvalue weighted by atomic mass is 16.3. The number of amides is 2. The largest absolute Gasteiger partial charge is 0.394 e. The molecular weight excluding hydrogens is 250 g/mol. The fourth-order valence-electron chi connectivity index (χ4n) is 1.29. The van der Waals surface area contributed by atoms with Crippen molar-refractivity contribution < 1.29 is 19.5 Å². The molecule has 0 aliphatic carbocycles. The number of aliphatic hydroxyl groups excluding tert-OH is 1. The van der Waals surface area contributed by atoms with Crippen LogP contribution in [0.5, 0.6) is 0 Å². The molecule has 0 radical (unpaired) electrons. The molecule has 1 aromatic heterocycles. The molecule has 0 bridgehead atoms. The number of Topliss-reactive ketones (excluding diaryl/α,β-unsaturated/α-hetero) is 1. The highest BCUT2D eigenvalue weighted by Gasteiger charge is 2.16. The van der Waals surface area contributed by atoms with Gasteiger partial charge in [-0.1, -0.05) is 0 Å². The first-order chi connectivity index (χ1) is 9.04. The molecule has 102 valence electrons. The van der Waals surface area contributed by atoms with Crippen molar-refractivity contribution in [1.29, 1.82) is 0 Å². The number of nitrogens with zero attached hydrogens (tertiary/aromatic N) is 1. The minimum atomic E-state index is -0.940. The summed E-state index contributed by atoms with van der Waals surface area (Å²) in [4.78, 5) is 37.8. The lowest BCUT2D eigenvalue weighted by Gasteiger charge is -2.13. The molecule has 7 heteroatoms. The summed E-state index contributed by atoms with van der Waals surface area (Å²) in [7, 11) is 0. The van der Waals surface area contributed by atoms with Crippen molar-refractivity contribution in [1.82, 2.24) is 15.6 Å². The van der Waals surface area contributed by atoms with Crippen LogP contribution in [0, 0.1) is 0 Å². The SMILES string of the molecule is CC(=O)[C@H](CO)NC(=O)CNC(=O)c1ccncc1. The highest BCUT2D eigenvalue weighted by molar-refractivity contribution is 5.96. The Bertz CT molecular complexity index is 461. The summed E-state index contributed by atoms with van der Waals surface area (Å²) in [6.45, 7) is 0.515. The fraction of sp³-hybridized carbons (Fsp3) is 0.333. The quantitative estimate of drug-likeness (QED) is 0.603. The molecule has 0 aliphatic rings. The number of ketones is 1. The van der Waals surface area contributed by atoms with E-state index in [1.807, 2.05) is 0 Å². The highest BCUT2D eigenvalue weighted by Crippen LogP contribution is 1.95. The summed E-state index contributed by atoms with van der Waals surface area (Å²) >= 11 is 0. The van der Waals surface area contributed by atoms with Gasteiger partial charge in [0.05, 0.1) is 13.2 Å². The zero-order valence-electron chi connectivity index (χ0n) is 10.4. The number of pyridine rings is 1. The van der Waals surface area contributed by atoms with Gasteiger partial charge in [-0.2, -0.15) is 0 Å². The van der Waals surface area contributed by atoms with Gasteiger partial charge in [-0.05, 0) is 19.1 Å². The van der Waals surface area contributed by atoms with Gasteiger partial charge in [0, 0.05) is 18.0 Å². The minimum Gasteiger partial charge on any atom is -0.394 e. The van der Waals surface area contributed by atoms with Gasteiger partial charge in [0.15, 0.2) is 5.78 Å². The van der Waals surface area contributed by atoms with Gasteiger partial charge in [0.1, 0.15) is 6.04 Å². The van der Waals surface area contributed by atoms with Crippen LogP contribution >= 0.6 is 0 Å². The smallest absolute Gasteiger partial charge is 0.251 e. The average molecular weight is 265 g/mol. The maximum Gasteiger partial charge on any atom is 0.251 e. The minimum absolute atomic E-state index is 0.273. The number of rotatable bonds is 6. The zero-order valence-corrected chi connectivity index (χ0v) is 10.4. The monoisotopic (exact) mass is 265 g/mol. The van der Waals surface area contributed by atoms with E-state index in [0.717, 1.165) is 0 Å². The Morgan fingerprint density at radius 3 is 2.47 bits per heavy atom. The number of aromatic nitrogens is 1. The van der Waals surface area contributed by atoms with Crippen LogP contribution in [0.15, 0.2) is 24.5 Å². The summed E-state index contributed by atoms with van der Waals surface area (Å²) in [5.41, 5.74) is 0.382. The Morgan fingerprint density at radius 1 is 1.32 bits per heavy atom. The maximum absolute atomic E-state index is 11.6. The Labute approximate surface area is 110 Å². The van der Waals surface area contributed by atoms with Gasteiger partial charge in [0.25, 0.3) is 5.91 Å². The van der Waals surface area contributed by atoms with Crippen molar-refractivity contribution >= 4 is 17.6 Å². The fourth-order valence-corrected chi connectivity index (χ4v) is 1.29. The molecule has 0 aromatic carbocycles. The van der Waals surface area contributed by atoms with Gasteiger partial charge >= 0.3 is 0 Å². The van der Waals surface area contributed by atoms with E-state index in [4.69, 9.17) is 5.11 Å². The third kappa shape index (κ3) is 4.84. The summed E-state index contributed by atoms with van der Waals surface area (Å²) in [6.07, 6.45) is 2.93. The van der Waals surface area contributed by atoms with Crippen LogP contribution in [0.4, 0.5) is 0 Å². The van der Waals surface area contributed by atoms with Crippen LogP contribution in [0.2, 0.25) is 0 Å². The van der Waals surface area contributed by atoms with Crippen LogP contribution in [-0.4, -0.2) is 46.9 Å². The molecule has 19 heavy (non-hydrogen) atoms. The number of carbonyl (C=O) groups excluding carboxylic acids is 3. The van der Waals surface area contributed by atoms with Crippen molar-refractivity contribution in [2.24, 2.45) is 0 Å². The Balaban J connectivity index is 2.42. The zero-order chi connectivity index (χ0) is 14.3. The summed E-state index contributed by atoms with van der Waals surface area (Å²) in [5.74, 6) is -1.31. The first-order valence-electron chi connectivity index (χ1n) is 5.63. The molecule has 0 fully saturated rings. The van der Waals surface area contributed by atoms with E-state index >= 15 is 0 Å². The van der Waals surface area contributed by atoms with Gasteiger partial charge < -0.3 is 15.7 Å². The van der Waals surface area contributed by atoms with Crippen LogP contribution in [0.1, 0.15) is 17.3 Å². The Kier molecular flexibility index (Phi) is 5.62. The van der Waals surface area contributed by atoms with Crippen molar-refractivity contribution in [3.8, 4) is 0 Å². The van der Waals surface area contributed by atoms with Crippen molar-refractivity contribution in [3.05, 3.63) is 30.1 Å². The average Bonchev–Trinajstić information content (AvgIpc) is 2.42. The van der Waals surface area contributed by atoms with Gasteiger partial charge in [-0.3, -0.25) is 19.4 Å². The lowest BCUT2D eigenvalue weighted by Crippen LogP contribution is -2.46. The number of nitrogens with one attached hydrogen (secondary N) is 2. The molecule has 0 unspecified atom stereocenters. The third-order valence-corrected chi connectivity index (χ3v) is 2.36. The number of carbonyl (C=O) groups is 3. The second kappa shape index (κ2) is 7.22. The second-order valence-electron chi connectivity index (χ2n) is 3.83. The van der Waals surface area contributed by atoms with E-state index in [2.05, 4.69) is 15.6 Å². The van der Waals surface area contributed by atoms with Gasteiger partial charge in [-0.25, -0.2) is 0 Å². The molecule has 3 N–H and O–H groups in total. The van der Waals surface area contributed by atoms with E-state index in [-0.39, 0.29) is 12.3 Å². The number of aliphatic hydroxyl groups is 1. The summed E-state index contributed by atoms with van der Waals surface area (Å²) < 4.78 is 0. The molecule has 1 heterocycles. The van der Waals surface area contributed by atoms with E-state index < -0.39 is 24.5 Å². The first-order valence-corrected chi connectivity index (χ1v) is 5.63. The second-order valence-corrected chi connectivity index (χ2v) is 3.83. The maximum atomic E-state index is 11.6. The Hall–Kier alpha value is -2.28. The molecular formula is C12H15N3O4. The van der Waals surface area contributed by atoms with E-state index in [9.17, 15) is 14.4 Å². The van der Waals surface area contributed by atoms with Crippen LogP contribution in [-0.2, 0) is 9.59 Å². The van der Waals surface area contributed by atoms with Gasteiger partial charge in [-0.15, -0.1) is 0 Å². The van der Waals surface area contributed by atoms with Crippen molar-refractivity contribution in [2.45, 2.75) is 13.0 Å². The molecule has 0 saturated carbocycles. The van der Waals surface area contributed by atoms with Crippen molar-refractivity contribution in [3.63, 3.8) is 0 Å². The topological polar surface area (TPSA) is 108 Å². The summed E-state index contributed by atoms with van der Waals surface area (Å²) in [6, 6.07) is 2.09. The number of hydrogen-bond acceptors (Lipinski definition) is 5. The van der Waals surface area contributed by atoms with Crippen molar-refractivity contribution in [2.75, 3.05) is 13.2 Å². The molecule has 2 amide bonds. The molecule has 1 aromatic rings. The molecule has 0 saturated heterocycles. The molecule has 1 rings (SSSR count).